The number of aliphatic imine (C=N–C) groups is 1. The molecule has 0 bridgehead atoms. The van der Waals surface area contributed by atoms with Crippen molar-refractivity contribution < 1.29 is 13.2 Å². The Morgan fingerprint density at radius 2 is 1.73 bits per heavy atom. The number of nitrogens with one attached hydrogen (secondary N) is 2. The molecule has 2 N–H and O–H groups in total. The third-order valence-electron chi connectivity index (χ3n) is 5.37. The highest BCUT2D eigenvalue weighted by molar-refractivity contribution is 7.90. The van der Waals surface area contributed by atoms with E-state index in [0.29, 0.717) is 5.56 Å². The first kappa shape index (κ1) is 20.4. The van der Waals surface area contributed by atoms with Gasteiger partial charge in [0.25, 0.3) is 10.0 Å². The van der Waals surface area contributed by atoms with Crippen LogP contribution in [0.15, 0.2) is 58.4 Å². The summed E-state index contributed by atoms with van der Waals surface area (Å²) in [6, 6.07) is 13.5. The zero-order valence-electron chi connectivity index (χ0n) is 17.0. The van der Waals surface area contributed by atoms with E-state index in [0.717, 1.165) is 37.6 Å². The first-order valence-electron chi connectivity index (χ1n) is 9.88. The highest BCUT2D eigenvalue weighted by Crippen LogP contribution is 2.27. The number of benzene rings is 2. The fourth-order valence-electron chi connectivity index (χ4n) is 3.62. The van der Waals surface area contributed by atoms with E-state index >= 15 is 0 Å². The first-order chi connectivity index (χ1) is 14.3. The molecule has 2 heterocycles. The Hall–Kier alpha value is -2.91. The van der Waals surface area contributed by atoms with Crippen molar-refractivity contribution in [3.63, 3.8) is 0 Å². The number of likely N-dealkylation sites (N-methyl/N-ethyl adjacent to an activating group) is 1. The van der Waals surface area contributed by atoms with Crippen LogP contribution in [0.2, 0.25) is 0 Å². The Labute approximate surface area is 176 Å². The summed E-state index contributed by atoms with van der Waals surface area (Å²) in [6.07, 6.45) is 0. The summed E-state index contributed by atoms with van der Waals surface area (Å²) in [4.78, 5) is 21.9. The predicted molar refractivity (Wildman–Crippen MR) is 118 cm³/mol. The van der Waals surface area contributed by atoms with Crippen molar-refractivity contribution in [2.75, 3.05) is 43.4 Å². The molecule has 0 aromatic heterocycles. The molecule has 2 aliphatic rings. The van der Waals surface area contributed by atoms with Gasteiger partial charge in [0.15, 0.2) is 0 Å². The fourth-order valence-corrected chi connectivity index (χ4v) is 4.86. The second-order valence-corrected chi connectivity index (χ2v) is 9.20. The molecule has 1 amide bonds. The summed E-state index contributed by atoms with van der Waals surface area (Å²) in [5.41, 5.74) is 2.19. The number of amidine groups is 1. The third-order valence-corrected chi connectivity index (χ3v) is 6.77. The average Bonchev–Trinajstić information content (AvgIpc) is 2.99. The number of piperazine rings is 1. The van der Waals surface area contributed by atoms with Crippen LogP contribution in [0.5, 0.6) is 0 Å². The van der Waals surface area contributed by atoms with Crippen LogP contribution < -0.4 is 14.9 Å². The Morgan fingerprint density at radius 1 is 1.07 bits per heavy atom. The zero-order chi connectivity index (χ0) is 21.3. The number of anilines is 2. The van der Waals surface area contributed by atoms with Crippen LogP contribution >= 0.6 is 0 Å². The molecule has 0 spiro atoms. The van der Waals surface area contributed by atoms with Crippen molar-refractivity contribution in [1.82, 2.24) is 9.62 Å². The van der Waals surface area contributed by atoms with Crippen molar-refractivity contribution in [2.45, 2.75) is 17.9 Å². The van der Waals surface area contributed by atoms with Gasteiger partial charge in [0.1, 0.15) is 11.9 Å². The number of amides is 1. The molecule has 9 heteroatoms. The number of fused-ring (bicyclic) bond motifs is 1. The molecule has 8 nitrogen and oxygen atoms in total. The van der Waals surface area contributed by atoms with Gasteiger partial charge >= 0.3 is 0 Å². The SMILES string of the molecule is C[C@H](N=C1NS(=O)(=O)c2ccccc21)C(=O)Nc1ccccc1N1CCN(C)CC1. The molecule has 2 aromatic rings. The van der Waals surface area contributed by atoms with Gasteiger partial charge in [0, 0.05) is 31.7 Å². The van der Waals surface area contributed by atoms with Crippen LogP contribution in [0.4, 0.5) is 11.4 Å². The first-order valence-corrected chi connectivity index (χ1v) is 11.4. The molecule has 1 fully saturated rings. The van der Waals surface area contributed by atoms with Crippen molar-refractivity contribution in [2.24, 2.45) is 4.99 Å². The topological polar surface area (TPSA) is 94.1 Å². The van der Waals surface area contributed by atoms with Gasteiger partial charge < -0.3 is 15.1 Å². The third kappa shape index (κ3) is 4.03. The number of sulfonamides is 1. The number of hydrogen-bond donors (Lipinski definition) is 2. The van der Waals surface area contributed by atoms with Crippen LogP contribution in [0.25, 0.3) is 0 Å². The number of para-hydroxylation sites is 2. The molecule has 0 radical (unpaired) electrons. The molecule has 0 saturated carbocycles. The molecule has 1 atom stereocenters. The number of carbonyl (C=O) groups excluding carboxylic acids is 1. The van der Waals surface area contributed by atoms with Crippen LogP contribution in [0.3, 0.4) is 0 Å². The predicted octanol–water partition coefficient (Wildman–Crippen LogP) is 1.50. The Balaban J connectivity index is 1.52. The molecule has 2 aromatic carbocycles. The largest absolute Gasteiger partial charge is 0.367 e. The van der Waals surface area contributed by atoms with Gasteiger partial charge in [0.2, 0.25) is 5.91 Å². The Kier molecular flexibility index (Phi) is 5.48. The van der Waals surface area contributed by atoms with Crippen LogP contribution in [-0.4, -0.2) is 64.3 Å². The molecule has 2 aliphatic heterocycles. The lowest BCUT2D eigenvalue weighted by Gasteiger charge is -2.35. The maximum atomic E-state index is 12.8. The van der Waals surface area contributed by atoms with Crippen molar-refractivity contribution >= 4 is 33.1 Å². The van der Waals surface area contributed by atoms with Crippen LogP contribution in [-0.2, 0) is 14.8 Å². The lowest BCUT2D eigenvalue weighted by molar-refractivity contribution is -0.117. The fraction of sp³-hybridized carbons (Fsp3) is 0.333. The van der Waals surface area contributed by atoms with Gasteiger partial charge in [-0.2, -0.15) is 0 Å². The number of nitrogens with zero attached hydrogens (tertiary/aromatic N) is 3. The van der Waals surface area contributed by atoms with E-state index in [2.05, 4.69) is 31.9 Å². The number of hydrogen-bond acceptors (Lipinski definition) is 6. The van der Waals surface area contributed by atoms with Crippen molar-refractivity contribution in [3.8, 4) is 0 Å². The summed E-state index contributed by atoms with van der Waals surface area (Å²) < 4.78 is 26.9. The summed E-state index contributed by atoms with van der Waals surface area (Å²) >= 11 is 0. The van der Waals surface area contributed by atoms with Gasteiger partial charge in [-0.1, -0.05) is 24.3 Å². The Bertz CT molecular complexity index is 1090. The Morgan fingerprint density at radius 3 is 2.50 bits per heavy atom. The lowest BCUT2D eigenvalue weighted by atomic mass is 10.2. The summed E-state index contributed by atoms with van der Waals surface area (Å²) in [7, 11) is -1.54. The molecular formula is C21H25N5O3S. The normalized spacial score (nSPS) is 20.5. The second-order valence-electron chi connectivity index (χ2n) is 7.55. The number of rotatable bonds is 4. The zero-order valence-corrected chi connectivity index (χ0v) is 17.8. The van der Waals surface area contributed by atoms with E-state index in [1.165, 1.54) is 6.07 Å². The maximum Gasteiger partial charge on any atom is 0.263 e. The molecule has 158 valence electrons. The van der Waals surface area contributed by atoms with E-state index < -0.39 is 16.1 Å². The van der Waals surface area contributed by atoms with Gasteiger partial charge in [-0.25, -0.2) is 8.42 Å². The molecule has 1 saturated heterocycles. The van der Waals surface area contributed by atoms with Crippen molar-refractivity contribution in [3.05, 3.63) is 54.1 Å². The minimum Gasteiger partial charge on any atom is -0.367 e. The van der Waals surface area contributed by atoms with Gasteiger partial charge in [-0.3, -0.25) is 14.5 Å². The molecule has 0 unspecified atom stereocenters. The highest BCUT2D eigenvalue weighted by Gasteiger charge is 2.31. The molecule has 4 rings (SSSR count). The lowest BCUT2D eigenvalue weighted by Crippen LogP contribution is -2.44. The summed E-state index contributed by atoms with van der Waals surface area (Å²) in [5.74, 6) is -0.103. The molecule has 0 aliphatic carbocycles. The van der Waals surface area contributed by atoms with E-state index in [4.69, 9.17) is 0 Å². The number of carbonyl (C=O) groups is 1. The summed E-state index contributed by atoms with van der Waals surface area (Å²) in [6.45, 7) is 5.35. The van der Waals surface area contributed by atoms with E-state index in [-0.39, 0.29) is 16.6 Å². The average molecular weight is 428 g/mol. The van der Waals surface area contributed by atoms with E-state index in [9.17, 15) is 13.2 Å². The van der Waals surface area contributed by atoms with E-state index in [1.807, 2.05) is 24.3 Å². The maximum absolute atomic E-state index is 12.8. The van der Waals surface area contributed by atoms with Gasteiger partial charge in [-0.05, 0) is 38.2 Å². The van der Waals surface area contributed by atoms with Crippen LogP contribution in [0, 0.1) is 0 Å². The van der Waals surface area contributed by atoms with Crippen LogP contribution in [0.1, 0.15) is 12.5 Å². The smallest absolute Gasteiger partial charge is 0.263 e. The van der Waals surface area contributed by atoms with Gasteiger partial charge in [0.05, 0.1) is 16.3 Å². The standard InChI is InChI=1S/C21H25N5O3S/c1-15(22-20-16-7-3-6-10-19(16)30(28,29)24-20)21(27)23-17-8-4-5-9-18(17)26-13-11-25(2)12-14-26/h3-10,15H,11-14H2,1-2H3,(H,22,24)(H,23,27)/t15-/m0/s1. The minimum atomic E-state index is -3.63. The monoisotopic (exact) mass is 427 g/mol. The molecule has 30 heavy (non-hydrogen) atoms. The highest BCUT2D eigenvalue weighted by atomic mass is 32.2. The molecular weight excluding hydrogens is 402 g/mol. The minimum absolute atomic E-state index is 0.178. The summed E-state index contributed by atoms with van der Waals surface area (Å²) in [5, 5.41) is 2.96. The second kappa shape index (κ2) is 8.08. The van der Waals surface area contributed by atoms with Crippen molar-refractivity contribution in [1.29, 1.82) is 0 Å². The quantitative estimate of drug-likeness (QED) is 0.771. The van der Waals surface area contributed by atoms with Gasteiger partial charge in [-0.15, -0.1) is 0 Å². The van der Waals surface area contributed by atoms with E-state index in [1.54, 1.807) is 25.1 Å².